The van der Waals surface area contributed by atoms with E-state index in [1.54, 1.807) is 23.2 Å². The lowest BCUT2D eigenvalue weighted by Crippen LogP contribution is -2.69. The summed E-state index contributed by atoms with van der Waals surface area (Å²) in [5.41, 5.74) is 4.14. The molecule has 2 aromatic carbocycles. The Bertz CT molecular complexity index is 1120. The Morgan fingerprint density at radius 3 is 2.41 bits per heavy atom. The second-order valence-electron chi connectivity index (χ2n) is 8.69. The normalized spacial score (nSPS) is 19.7. The van der Waals surface area contributed by atoms with E-state index in [9.17, 15) is 26.7 Å². The zero-order valence-corrected chi connectivity index (χ0v) is 18.5. The number of anilines is 2. The summed E-state index contributed by atoms with van der Waals surface area (Å²) in [4.78, 5) is 17.9. The van der Waals surface area contributed by atoms with Gasteiger partial charge in [-0.05, 0) is 56.3 Å². The predicted molar refractivity (Wildman–Crippen MR) is 117 cm³/mol. The van der Waals surface area contributed by atoms with E-state index in [4.69, 9.17) is 5.73 Å². The SMILES string of the molecule is CC1(C)C2N(CCN1C(=O)CN)C(Nc1ccc(F)c(C(F)(F)F)c1)=CN2c1ccc(F)cc1. The lowest BCUT2D eigenvalue weighted by Gasteiger charge is -2.53. The topological polar surface area (TPSA) is 64.8 Å². The minimum absolute atomic E-state index is 0.0537. The van der Waals surface area contributed by atoms with Crippen LogP contribution in [0.3, 0.4) is 0 Å². The standard InChI is InChI=1S/C23H24F5N5O/c1-22(2)21-31(9-10-33(22)20(34)12-29)19(13-32(21)16-6-3-14(24)4-7-16)30-15-5-8-18(25)17(11-15)23(26,27)28/h3-8,11,13,21,30H,9-10,12,29H2,1-2H3. The van der Waals surface area contributed by atoms with Crippen LogP contribution in [-0.2, 0) is 11.0 Å². The average Bonchev–Trinajstić information content (AvgIpc) is 3.14. The molecule has 2 aliphatic heterocycles. The van der Waals surface area contributed by atoms with Crippen LogP contribution in [0, 0.1) is 11.6 Å². The van der Waals surface area contributed by atoms with Gasteiger partial charge < -0.3 is 25.8 Å². The van der Waals surface area contributed by atoms with Gasteiger partial charge in [-0.2, -0.15) is 13.2 Å². The number of nitrogens with zero attached hydrogens (tertiary/aromatic N) is 3. The Kier molecular flexibility index (Phi) is 5.92. The van der Waals surface area contributed by atoms with Gasteiger partial charge >= 0.3 is 6.18 Å². The highest BCUT2D eigenvalue weighted by Gasteiger charge is 2.51. The minimum atomic E-state index is -4.84. The summed E-state index contributed by atoms with van der Waals surface area (Å²) in [5, 5.41) is 2.96. The maximum Gasteiger partial charge on any atom is 0.419 e. The molecule has 0 aliphatic carbocycles. The summed E-state index contributed by atoms with van der Waals surface area (Å²) in [5.74, 6) is -1.56. The largest absolute Gasteiger partial charge is 0.419 e. The van der Waals surface area contributed by atoms with Gasteiger partial charge in [0.2, 0.25) is 5.91 Å². The fraction of sp³-hybridized carbons (Fsp3) is 0.348. The average molecular weight is 481 g/mol. The number of hydrogen-bond donors (Lipinski definition) is 2. The van der Waals surface area contributed by atoms with Crippen molar-refractivity contribution in [3.63, 3.8) is 0 Å². The van der Waals surface area contributed by atoms with E-state index in [1.807, 2.05) is 23.6 Å². The van der Waals surface area contributed by atoms with E-state index in [-0.39, 0.29) is 18.1 Å². The molecule has 4 rings (SSSR count). The number of nitrogens with one attached hydrogen (secondary N) is 1. The number of alkyl halides is 3. The van der Waals surface area contributed by atoms with Crippen molar-refractivity contribution in [2.45, 2.75) is 31.7 Å². The third-order valence-corrected chi connectivity index (χ3v) is 6.17. The van der Waals surface area contributed by atoms with Crippen LogP contribution in [0.5, 0.6) is 0 Å². The molecule has 2 aromatic rings. The highest BCUT2D eigenvalue weighted by Crippen LogP contribution is 2.40. The summed E-state index contributed by atoms with van der Waals surface area (Å²) >= 11 is 0. The third kappa shape index (κ3) is 4.15. The summed E-state index contributed by atoms with van der Waals surface area (Å²) in [6.45, 7) is 4.27. The van der Waals surface area contributed by atoms with E-state index >= 15 is 0 Å². The Morgan fingerprint density at radius 2 is 1.79 bits per heavy atom. The van der Waals surface area contributed by atoms with Gasteiger partial charge in [0, 0.05) is 30.7 Å². The van der Waals surface area contributed by atoms with Gasteiger partial charge in [-0.25, -0.2) is 8.78 Å². The third-order valence-electron chi connectivity index (χ3n) is 6.17. The molecule has 1 atom stereocenters. The molecule has 2 heterocycles. The molecular weight excluding hydrogens is 457 g/mol. The van der Waals surface area contributed by atoms with Crippen molar-refractivity contribution in [2.75, 3.05) is 29.9 Å². The number of fused-ring (bicyclic) bond motifs is 1. The number of carbonyl (C=O) groups is 1. The fourth-order valence-electron chi connectivity index (χ4n) is 4.62. The van der Waals surface area contributed by atoms with Crippen LogP contribution in [0.4, 0.5) is 33.3 Å². The second-order valence-corrected chi connectivity index (χ2v) is 8.69. The number of halogens is 5. The van der Waals surface area contributed by atoms with Crippen molar-refractivity contribution in [3.05, 3.63) is 71.7 Å². The lowest BCUT2D eigenvalue weighted by molar-refractivity contribution is -0.141. The van der Waals surface area contributed by atoms with Crippen LogP contribution >= 0.6 is 0 Å². The van der Waals surface area contributed by atoms with Crippen molar-refractivity contribution in [1.82, 2.24) is 9.80 Å². The first-order valence-electron chi connectivity index (χ1n) is 10.6. The van der Waals surface area contributed by atoms with Gasteiger partial charge in [-0.3, -0.25) is 4.79 Å². The molecule has 0 bridgehead atoms. The molecule has 1 amide bonds. The Labute approximate surface area is 193 Å². The molecule has 0 radical (unpaired) electrons. The highest BCUT2D eigenvalue weighted by molar-refractivity contribution is 5.79. The number of rotatable bonds is 4. The first-order chi connectivity index (χ1) is 15.9. The van der Waals surface area contributed by atoms with E-state index in [1.165, 1.54) is 18.2 Å². The molecule has 1 saturated heterocycles. The molecule has 3 N–H and O–H groups in total. The molecule has 0 aromatic heterocycles. The van der Waals surface area contributed by atoms with Crippen molar-refractivity contribution < 1.29 is 26.7 Å². The van der Waals surface area contributed by atoms with E-state index < -0.39 is 35.1 Å². The van der Waals surface area contributed by atoms with Crippen LogP contribution in [-0.4, -0.2) is 47.0 Å². The van der Waals surface area contributed by atoms with Crippen LogP contribution in [0.15, 0.2) is 54.5 Å². The maximum atomic E-state index is 13.8. The van der Waals surface area contributed by atoms with Crippen molar-refractivity contribution in [3.8, 4) is 0 Å². The Hall–Kier alpha value is -3.34. The van der Waals surface area contributed by atoms with Crippen LogP contribution in [0.1, 0.15) is 19.4 Å². The molecule has 182 valence electrons. The zero-order valence-electron chi connectivity index (χ0n) is 18.5. The quantitative estimate of drug-likeness (QED) is 0.649. The number of benzene rings is 2. The predicted octanol–water partition coefficient (Wildman–Crippen LogP) is 3.92. The fourth-order valence-corrected chi connectivity index (χ4v) is 4.62. The number of piperazine rings is 1. The molecular formula is C23H24F5N5O. The Balaban J connectivity index is 1.74. The van der Waals surface area contributed by atoms with Crippen molar-refractivity contribution in [1.29, 1.82) is 0 Å². The molecule has 6 nitrogen and oxygen atoms in total. The molecule has 34 heavy (non-hydrogen) atoms. The summed E-state index contributed by atoms with van der Waals surface area (Å²) in [6.07, 6.45) is -3.62. The number of carbonyl (C=O) groups excluding carboxylic acids is 1. The van der Waals surface area contributed by atoms with Gasteiger partial charge in [0.05, 0.1) is 17.6 Å². The van der Waals surface area contributed by atoms with Crippen molar-refractivity contribution >= 4 is 17.3 Å². The van der Waals surface area contributed by atoms with Gasteiger partial charge in [-0.15, -0.1) is 0 Å². The molecule has 0 saturated carbocycles. The lowest BCUT2D eigenvalue weighted by atomic mass is 9.93. The van der Waals surface area contributed by atoms with E-state index in [0.29, 0.717) is 30.7 Å². The van der Waals surface area contributed by atoms with E-state index in [2.05, 4.69) is 5.32 Å². The highest BCUT2D eigenvalue weighted by atomic mass is 19.4. The first kappa shape index (κ1) is 23.8. The smallest absolute Gasteiger partial charge is 0.341 e. The van der Waals surface area contributed by atoms with Crippen molar-refractivity contribution in [2.24, 2.45) is 5.73 Å². The van der Waals surface area contributed by atoms with Gasteiger partial charge in [0.15, 0.2) is 0 Å². The summed E-state index contributed by atoms with van der Waals surface area (Å²) in [7, 11) is 0. The Morgan fingerprint density at radius 1 is 1.12 bits per heavy atom. The van der Waals surface area contributed by atoms with Gasteiger partial charge in [-0.1, -0.05) is 0 Å². The molecule has 2 aliphatic rings. The zero-order chi connectivity index (χ0) is 24.8. The van der Waals surface area contributed by atoms with Gasteiger partial charge in [0.1, 0.15) is 23.6 Å². The summed E-state index contributed by atoms with van der Waals surface area (Å²) in [6, 6.07) is 8.45. The van der Waals surface area contributed by atoms with Gasteiger partial charge in [0.25, 0.3) is 0 Å². The monoisotopic (exact) mass is 481 g/mol. The van der Waals surface area contributed by atoms with Crippen LogP contribution in [0.2, 0.25) is 0 Å². The summed E-state index contributed by atoms with van der Waals surface area (Å²) < 4.78 is 66.9. The van der Waals surface area contributed by atoms with Crippen LogP contribution in [0.25, 0.3) is 0 Å². The molecule has 11 heteroatoms. The minimum Gasteiger partial charge on any atom is -0.341 e. The molecule has 1 unspecified atom stereocenters. The molecule has 1 fully saturated rings. The second kappa shape index (κ2) is 8.46. The van der Waals surface area contributed by atoms with Crippen LogP contribution < -0.4 is 16.0 Å². The van der Waals surface area contributed by atoms with E-state index in [0.717, 1.165) is 6.07 Å². The molecule has 0 spiro atoms. The number of nitrogens with two attached hydrogens (primary N) is 1. The first-order valence-corrected chi connectivity index (χ1v) is 10.6. The maximum absolute atomic E-state index is 13.8. The number of hydrogen-bond acceptors (Lipinski definition) is 5. The number of amides is 1.